The zero-order valence-electron chi connectivity index (χ0n) is 11.2. The van der Waals surface area contributed by atoms with Gasteiger partial charge in [-0.2, -0.15) is 0 Å². The average Bonchev–Trinajstić information content (AvgIpc) is 2.42. The number of hydrogen-bond acceptors (Lipinski definition) is 3. The molecule has 1 rings (SSSR count). The zero-order chi connectivity index (χ0) is 14.3. The van der Waals surface area contributed by atoms with Gasteiger partial charge in [-0.15, -0.1) is 11.8 Å². The number of carboxylic acid groups (broad SMARTS) is 1. The van der Waals surface area contributed by atoms with Crippen LogP contribution in [0.15, 0.2) is 29.2 Å². The van der Waals surface area contributed by atoms with Crippen LogP contribution in [-0.2, 0) is 4.79 Å². The molecule has 1 amide bonds. The summed E-state index contributed by atoms with van der Waals surface area (Å²) in [6, 6.07) is 7.30. The van der Waals surface area contributed by atoms with E-state index in [1.54, 1.807) is 12.1 Å². The molecule has 1 aromatic carbocycles. The van der Waals surface area contributed by atoms with Crippen molar-refractivity contribution in [1.29, 1.82) is 0 Å². The third-order valence-electron chi connectivity index (χ3n) is 2.85. The molecule has 0 radical (unpaired) electrons. The van der Waals surface area contributed by atoms with Crippen molar-refractivity contribution in [3.8, 4) is 0 Å². The summed E-state index contributed by atoms with van der Waals surface area (Å²) in [6.45, 7) is 2.10. The second-order valence-corrected chi connectivity index (χ2v) is 5.08. The Hall–Kier alpha value is -1.49. The molecule has 104 valence electrons. The van der Waals surface area contributed by atoms with Crippen molar-refractivity contribution in [1.82, 2.24) is 5.32 Å². The molecule has 0 aliphatic rings. The highest BCUT2D eigenvalue weighted by Gasteiger charge is 2.18. The summed E-state index contributed by atoms with van der Waals surface area (Å²) in [5.74, 6) is -1.59. The van der Waals surface area contributed by atoms with E-state index in [0.29, 0.717) is 12.0 Å². The molecule has 1 atom stereocenters. The first-order valence-electron chi connectivity index (χ1n) is 6.24. The number of carbonyl (C=O) groups excluding carboxylic acids is 1. The normalized spacial score (nSPS) is 11.9. The molecule has 1 unspecified atom stereocenters. The van der Waals surface area contributed by atoms with Crippen LogP contribution in [0.1, 0.15) is 30.1 Å². The van der Waals surface area contributed by atoms with Crippen molar-refractivity contribution in [2.24, 2.45) is 5.92 Å². The van der Waals surface area contributed by atoms with Gasteiger partial charge in [-0.3, -0.25) is 9.59 Å². The summed E-state index contributed by atoms with van der Waals surface area (Å²) < 4.78 is 0. The molecule has 0 saturated carbocycles. The molecule has 2 N–H and O–H groups in total. The van der Waals surface area contributed by atoms with Gasteiger partial charge in [0.15, 0.2) is 0 Å². The van der Waals surface area contributed by atoms with E-state index in [0.717, 1.165) is 11.3 Å². The standard InChI is InChI=1S/C14H19NO3S/c1-3-6-10(14(17)18)9-15-13(16)11-7-4-5-8-12(11)19-2/h4-5,7-8,10H,3,6,9H2,1-2H3,(H,15,16)(H,17,18). The molecule has 4 nitrogen and oxygen atoms in total. The maximum atomic E-state index is 12.0. The van der Waals surface area contributed by atoms with Gasteiger partial charge in [0.1, 0.15) is 0 Å². The second kappa shape index (κ2) is 7.84. The van der Waals surface area contributed by atoms with E-state index in [1.165, 1.54) is 11.8 Å². The van der Waals surface area contributed by atoms with Gasteiger partial charge >= 0.3 is 5.97 Å². The van der Waals surface area contributed by atoms with Gasteiger partial charge in [0.2, 0.25) is 0 Å². The topological polar surface area (TPSA) is 66.4 Å². The molecule has 0 saturated heterocycles. The highest BCUT2D eigenvalue weighted by Crippen LogP contribution is 2.19. The lowest BCUT2D eigenvalue weighted by Crippen LogP contribution is -2.33. The number of nitrogens with one attached hydrogen (secondary N) is 1. The van der Waals surface area contributed by atoms with E-state index in [2.05, 4.69) is 5.32 Å². The molecule has 0 fully saturated rings. The monoisotopic (exact) mass is 281 g/mol. The van der Waals surface area contributed by atoms with Crippen LogP contribution in [0.3, 0.4) is 0 Å². The van der Waals surface area contributed by atoms with Gasteiger partial charge in [-0.05, 0) is 24.8 Å². The zero-order valence-corrected chi connectivity index (χ0v) is 12.0. The average molecular weight is 281 g/mol. The third kappa shape index (κ3) is 4.59. The predicted molar refractivity (Wildman–Crippen MR) is 76.6 cm³/mol. The van der Waals surface area contributed by atoms with Crippen molar-refractivity contribution >= 4 is 23.6 Å². The van der Waals surface area contributed by atoms with Gasteiger partial charge in [0.25, 0.3) is 5.91 Å². The number of benzene rings is 1. The minimum absolute atomic E-state index is 0.171. The molecule has 0 heterocycles. The molecule has 0 aliphatic heterocycles. The lowest BCUT2D eigenvalue weighted by atomic mass is 10.0. The minimum Gasteiger partial charge on any atom is -0.481 e. The largest absolute Gasteiger partial charge is 0.481 e. The van der Waals surface area contributed by atoms with Gasteiger partial charge in [0.05, 0.1) is 11.5 Å². The number of thioether (sulfide) groups is 1. The van der Waals surface area contributed by atoms with Crippen molar-refractivity contribution in [2.45, 2.75) is 24.7 Å². The second-order valence-electron chi connectivity index (χ2n) is 4.23. The first-order valence-corrected chi connectivity index (χ1v) is 7.46. The lowest BCUT2D eigenvalue weighted by Gasteiger charge is -2.13. The summed E-state index contributed by atoms with van der Waals surface area (Å²) >= 11 is 1.50. The van der Waals surface area contributed by atoms with Crippen LogP contribution in [0.5, 0.6) is 0 Å². The molecule has 5 heteroatoms. The Kier molecular flexibility index (Phi) is 6.42. The molecule has 0 aliphatic carbocycles. The van der Waals surface area contributed by atoms with Crippen molar-refractivity contribution in [3.05, 3.63) is 29.8 Å². The molecule has 1 aromatic rings. The van der Waals surface area contributed by atoms with E-state index < -0.39 is 11.9 Å². The number of aliphatic carboxylic acids is 1. The summed E-state index contributed by atoms with van der Waals surface area (Å²) in [5.41, 5.74) is 0.593. The molecule has 19 heavy (non-hydrogen) atoms. The molecule has 0 spiro atoms. The summed E-state index contributed by atoms with van der Waals surface area (Å²) in [4.78, 5) is 23.9. The highest BCUT2D eigenvalue weighted by atomic mass is 32.2. The first-order chi connectivity index (χ1) is 9.10. The Morgan fingerprint density at radius 3 is 2.63 bits per heavy atom. The lowest BCUT2D eigenvalue weighted by molar-refractivity contribution is -0.141. The Labute approximate surface area is 117 Å². The fourth-order valence-corrected chi connectivity index (χ4v) is 2.40. The van der Waals surface area contributed by atoms with Crippen LogP contribution in [0.4, 0.5) is 0 Å². The Morgan fingerprint density at radius 2 is 2.05 bits per heavy atom. The van der Waals surface area contributed by atoms with E-state index >= 15 is 0 Å². The Morgan fingerprint density at radius 1 is 1.37 bits per heavy atom. The first kappa shape index (κ1) is 15.6. The van der Waals surface area contributed by atoms with Gasteiger partial charge < -0.3 is 10.4 Å². The van der Waals surface area contributed by atoms with Crippen LogP contribution in [-0.4, -0.2) is 29.8 Å². The maximum Gasteiger partial charge on any atom is 0.308 e. The predicted octanol–water partition coefficient (Wildman–Crippen LogP) is 2.64. The van der Waals surface area contributed by atoms with Gasteiger partial charge in [-0.25, -0.2) is 0 Å². The summed E-state index contributed by atoms with van der Waals surface area (Å²) in [6.07, 6.45) is 3.26. The highest BCUT2D eigenvalue weighted by molar-refractivity contribution is 7.98. The van der Waals surface area contributed by atoms with Crippen molar-refractivity contribution < 1.29 is 14.7 Å². The number of rotatable bonds is 7. The summed E-state index contributed by atoms with van der Waals surface area (Å²) in [5, 5.41) is 11.7. The van der Waals surface area contributed by atoms with Crippen LogP contribution in [0.25, 0.3) is 0 Å². The SMILES string of the molecule is CCCC(CNC(=O)c1ccccc1SC)C(=O)O. The maximum absolute atomic E-state index is 12.0. The van der Waals surface area contributed by atoms with E-state index in [9.17, 15) is 9.59 Å². The van der Waals surface area contributed by atoms with Crippen LogP contribution < -0.4 is 5.32 Å². The fourth-order valence-electron chi connectivity index (χ4n) is 1.80. The third-order valence-corrected chi connectivity index (χ3v) is 3.64. The molecule has 0 aromatic heterocycles. The van der Waals surface area contributed by atoms with Gasteiger partial charge in [-0.1, -0.05) is 25.5 Å². The molecular weight excluding hydrogens is 262 g/mol. The smallest absolute Gasteiger partial charge is 0.308 e. The van der Waals surface area contributed by atoms with E-state index in [1.807, 2.05) is 25.3 Å². The van der Waals surface area contributed by atoms with Gasteiger partial charge in [0, 0.05) is 11.4 Å². The Bertz CT molecular complexity index is 448. The molecule has 0 bridgehead atoms. The quantitative estimate of drug-likeness (QED) is 0.754. The van der Waals surface area contributed by atoms with Crippen LogP contribution >= 0.6 is 11.8 Å². The minimum atomic E-state index is -0.861. The number of amides is 1. The fraction of sp³-hybridized carbons (Fsp3) is 0.429. The van der Waals surface area contributed by atoms with Crippen LogP contribution in [0.2, 0.25) is 0 Å². The number of carboxylic acids is 1. The van der Waals surface area contributed by atoms with E-state index in [-0.39, 0.29) is 12.5 Å². The van der Waals surface area contributed by atoms with Crippen molar-refractivity contribution in [3.63, 3.8) is 0 Å². The molecular formula is C14H19NO3S. The van der Waals surface area contributed by atoms with Crippen LogP contribution in [0, 0.1) is 5.92 Å². The Balaban J connectivity index is 2.66. The van der Waals surface area contributed by atoms with E-state index in [4.69, 9.17) is 5.11 Å². The number of carbonyl (C=O) groups is 2. The number of hydrogen-bond donors (Lipinski definition) is 2. The summed E-state index contributed by atoms with van der Waals surface area (Å²) in [7, 11) is 0. The van der Waals surface area contributed by atoms with Crippen molar-refractivity contribution in [2.75, 3.05) is 12.8 Å².